The first-order valence-corrected chi connectivity index (χ1v) is 11.1. The maximum absolute atomic E-state index is 13.3. The number of amides is 2. The van der Waals surface area contributed by atoms with Crippen molar-refractivity contribution in [2.24, 2.45) is 0 Å². The molecule has 0 saturated carbocycles. The maximum atomic E-state index is 13.3. The van der Waals surface area contributed by atoms with Crippen LogP contribution in [0.15, 0.2) is 42.6 Å². The third-order valence-corrected chi connectivity index (χ3v) is 6.90. The number of halogens is 4. The van der Waals surface area contributed by atoms with Crippen molar-refractivity contribution in [3.8, 4) is 11.3 Å². The molecule has 1 spiro atoms. The number of carbonyl (C=O) groups excluding carboxylic acids is 1. The molecule has 0 radical (unpaired) electrons. The van der Waals surface area contributed by atoms with Gasteiger partial charge < -0.3 is 16.0 Å². The predicted octanol–water partition coefficient (Wildman–Crippen LogP) is 4.29. The molecule has 1 aromatic carbocycles. The second-order valence-corrected chi connectivity index (χ2v) is 9.74. The lowest BCUT2D eigenvalue weighted by Crippen LogP contribution is -2.64. The summed E-state index contributed by atoms with van der Waals surface area (Å²) in [4.78, 5) is 18.3. The summed E-state index contributed by atoms with van der Waals surface area (Å²) in [5.74, 6) is -0.921. The van der Waals surface area contributed by atoms with E-state index in [0.29, 0.717) is 25.3 Å². The summed E-state index contributed by atoms with van der Waals surface area (Å²) < 4.78 is 54.8. The summed E-state index contributed by atoms with van der Waals surface area (Å²) in [5, 5.41) is 7.48. The molecule has 1 saturated heterocycles. The SMILES string of the molecule is CC(C)(NC(=O)N1CC2(CCn3nc(-c4cnc(N)c(C(F)(F)F)c4)cc32)C1)c1ccc(F)cc1. The number of nitrogen functional groups attached to an aromatic ring is 1. The van der Waals surface area contributed by atoms with Gasteiger partial charge >= 0.3 is 12.2 Å². The molecular weight excluding hydrogens is 464 g/mol. The quantitative estimate of drug-likeness (QED) is 0.539. The topological polar surface area (TPSA) is 89.1 Å². The zero-order valence-corrected chi connectivity index (χ0v) is 19.2. The molecule has 0 aliphatic carbocycles. The number of urea groups is 1. The van der Waals surface area contributed by atoms with Gasteiger partial charge in [0.1, 0.15) is 11.6 Å². The minimum absolute atomic E-state index is 0.235. The fourth-order valence-electron chi connectivity index (χ4n) is 4.88. The number of alkyl halides is 3. The van der Waals surface area contributed by atoms with Gasteiger partial charge in [-0.2, -0.15) is 18.3 Å². The first-order valence-electron chi connectivity index (χ1n) is 11.1. The number of pyridine rings is 1. The number of anilines is 1. The lowest BCUT2D eigenvalue weighted by atomic mass is 9.76. The van der Waals surface area contributed by atoms with E-state index in [0.717, 1.165) is 23.7 Å². The van der Waals surface area contributed by atoms with Crippen LogP contribution in [-0.4, -0.2) is 38.8 Å². The van der Waals surface area contributed by atoms with Gasteiger partial charge in [-0.1, -0.05) is 12.1 Å². The Bertz CT molecular complexity index is 1290. The Morgan fingerprint density at radius 1 is 1.14 bits per heavy atom. The Morgan fingerprint density at radius 2 is 1.83 bits per heavy atom. The van der Waals surface area contributed by atoms with E-state index >= 15 is 0 Å². The van der Waals surface area contributed by atoms with Crippen LogP contribution in [0, 0.1) is 5.82 Å². The Labute approximate surface area is 198 Å². The summed E-state index contributed by atoms with van der Waals surface area (Å²) in [6.45, 7) is 5.25. The van der Waals surface area contributed by atoms with Gasteiger partial charge in [0.05, 0.1) is 16.8 Å². The third kappa shape index (κ3) is 3.98. The van der Waals surface area contributed by atoms with Crippen molar-refractivity contribution < 1.29 is 22.4 Å². The predicted molar refractivity (Wildman–Crippen MR) is 121 cm³/mol. The molecule has 2 amide bonds. The molecule has 0 atom stereocenters. The number of hydrogen-bond acceptors (Lipinski definition) is 4. The number of nitrogens with two attached hydrogens (primary N) is 1. The van der Waals surface area contributed by atoms with E-state index in [2.05, 4.69) is 15.4 Å². The molecule has 0 unspecified atom stereocenters. The number of benzene rings is 1. The van der Waals surface area contributed by atoms with Crippen LogP contribution < -0.4 is 11.1 Å². The summed E-state index contributed by atoms with van der Waals surface area (Å²) >= 11 is 0. The van der Waals surface area contributed by atoms with Crippen LogP contribution in [0.5, 0.6) is 0 Å². The highest BCUT2D eigenvalue weighted by molar-refractivity contribution is 5.77. The zero-order valence-electron chi connectivity index (χ0n) is 19.2. The van der Waals surface area contributed by atoms with Gasteiger partial charge in [-0.25, -0.2) is 14.2 Å². The van der Waals surface area contributed by atoms with Gasteiger partial charge in [0.2, 0.25) is 0 Å². The zero-order chi connectivity index (χ0) is 25.2. The van der Waals surface area contributed by atoms with E-state index in [-0.39, 0.29) is 22.8 Å². The number of likely N-dealkylation sites (tertiary alicyclic amines) is 1. The van der Waals surface area contributed by atoms with Crippen molar-refractivity contribution in [3.05, 3.63) is 65.2 Å². The molecule has 3 N–H and O–H groups in total. The first-order chi connectivity index (χ1) is 16.4. The molecule has 2 aromatic heterocycles. The molecular formula is C24H24F4N6O. The van der Waals surface area contributed by atoms with Crippen LogP contribution in [0.3, 0.4) is 0 Å². The number of carbonyl (C=O) groups is 1. The van der Waals surface area contributed by atoms with Crippen LogP contribution in [0.25, 0.3) is 11.3 Å². The van der Waals surface area contributed by atoms with E-state index < -0.39 is 23.1 Å². The molecule has 3 aromatic rings. The van der Waals surface area contributed by atoms with Gasteiger partial charge in [-0.3, -0.25) is 4.68 Å². The van der Waals surface area contributed by atoms with Crippen molar-refractivity contribution in [2.75, 3.05) is 18.8 Å². The number of nitrogens with one attached hydrogen (secondary N) is 1. The number of rotatable bonds is 3. The number of nitrogens with zero attached hydrogens (tertiary/aromatic N) is 4. The lowest BCUT2D eigenvalue weighted by molar-refractivity contribution is -0.137. The van der Waals surface area contributed by atoms with Gasteiger partial charge in [0.25, 0.3) is 0 Å². The van der Waals surface area contributed by atoms with Gasteiger partial charge in [0.15, 0.2) is 0 Å². The number of fused-ring (bicyclic) bond motifs is 2. The van der Waals surface area contributed by atoms with Crippen molar-refractivity contribution in [1.29, 1.82) is 0 Å². The van der Waals surface area contributed by atoms with Crippen molar-refractivity contribution in [3.63, 3.8) is 0 Å². The summed E-state index contributed by atoms with van der Waals surface area (Å²) in [6, 6.07) is 8.49. The molecule has 7 nitrogen and oxygen atoms in total. The average molecular weight is 488 g/mol. The van der Waals surface area contributed by atoms with Gasteiger partial charge in [0, 0.05) is 42.5 Å². The van der Waals surface area contributed by atoms with Crippen molar-refractivity contribution >= 4 is 11.8 Å². The van der Waals surface area contributed by atoms with E-state index in [1.807, 2.05) is 13.8 Å². The minimum atomic E-state index is -4.61. The fraction of sp³-hybridized carbons (Fsp3) is 0.375. The van der Waals surface area contributed by atoms with Crippen LogP contribution >= 0.6 is 0 Å². The van der Waals surface area contributed by atoms with E-state index in [9.17, 15) is 22.4 Å². The normalized spacial score (nSPS) is 16.8. The summed E-state index contributed by atoms with van der Waals surface area (Å²) in [5.41, 5.74) is 5.72. The molecule has 1 fully saturated rings. The average Bonchev–Trinajstić information content (AvgIpc) is 3.31. The summed E-state index contributed by atoms with van der Waals surface area (Å²) in [6.07, 6.45) is -2.54. The number of aromatic nitrogens is 3. The third-order valence-electron chi connectivity index (χ3n) is 6.90. The molecule has 5 rings (SSSR count). The van der Waals surface area contributed by atoms with Crippen LogP contribution in [-0.2, 0) is 23.7 Å². The van der Waals surface area contributed by atoms with Gasteiger partial charge in [-0.15, -0.1) is 0 Å². The van der Waals surface area contributed by atoms with E-state index in [1.165, 1.54) is 18.3 Å². The second kappa shape index (κ2) is 7.69. The molecule has 2 aliphatic heterocycles. The number of aryl methyl sites for hydroxylation is 1. The van der Waals surface area contributed by atoms with Crippen LogP contribution in [0.2, 0.25) is 0 Å². The smallest absolute Gasteiger partial charge is 0.383 e. The maximum Gasteiger partial charge on any atom is 0.419 e. The van der Waals surface area contributed by atoms with E-state index in [4.69, 9.17) is 5.73 Å². The highest BCUT2D eigenvalue weighted by Crippen LogP contribution is 2.44. The lowest BCUT2D eigenvalue weighted by Gasteiger charge is -2.48. The first kappa shape index (κ1) is 23.1. The molecule has 35 heavy (non-hydrogen) atoms. The minimum Gasteiger partial charge on any atom is -0.383 e. The Morgan fingerprint density at radius 3 is 2.49 bits per heavy atom. The van der Waals surface area contributed by atoms with Crippen molar-refractivity contribution in [1.82, 2.24) is 25.0 Å². The molecule has 0 bridgehead atoms. The molecule has 4 heterocycles. The number of hydrogen-bond donors (Lipinski definition) is 2. The second-order valence-electron chi connectivity index (χ2n) is 9.74. The standard InChI is InChI=1S/C24H24F4N6O/c1-22(2,15-3-5-16(25)6-4-15)31-21(35)33-12-23(13-33)7-8-34-19(23)10-18(32-34)14-9-17(24(26,27)28)20(29)30-11-14/h3-6,9-11H,7-8,12-13H2,1-2H3,(H2,29,30)(H,31,35). The van der Waals surface area contributed by atoms with Crippen molar-refractivity contribution in [2.45, 2.75) is 43.9 Å². The van der Waals surface area contributed by atoms with Crippen LogP contribution in [0.4, 0.5) is 28.2 Å². The monoisotopic (exact) mass is 488 g/mol. The molecule has 184 valence electrons. The highest BCUT2D eigenvalue weighted by Gasteiger charge is 2.52. The Balaban J connectivity index is 1.31. The fourth-order valence-corrected chi connectivity index (χ4v) is 4.88. The molecule has 11 heteroatoms. The van der Waals surface area contributed by atoms with E-state index in [1.54, 1.807) is 27.8 Å². The Kier molecular flexibility index (Phi) is 5.08. The van der Waals surface area contributed by atoms with Gasteiger partial charge in [-0.05, 0) is 50.1 Å². The van der Waals surface area contributed by atoms with Crippen LogP contribution in [0.1, 0.15) is 37.1 Å². The Hall–Kier alpha value is -3.63. The highest BCUT2D eigenvalue weighted by atomic mass is 19.4. The molecule has 2 aliphatic rings. The summed E-state index contributed by atoms with van der Waals surface area (Å²) in [7, 11) is 0. The largest absolute Gasteiger partial charge is 0.419 e.